The summed E-state index contributed by atoms with van der Waals surface area (Å²) in [5.74, 6) is 2.12. The van der Waals surface area contributed by atoms with Crippen LogP contribution < -0.4 is 5.32 Å². The van der Waals surface area contributed by atoms with Gasteiger partial charge in [-0.1, -0.05) is 27.7 Å². The first kappa shape index (κ1) is 11.0. The molecular formula is C10H17NO. The third-order valence-corrected chi connectivity index (χ3v) is 2.18. The lowest BCUT2D eigenvalue weighted by atomic mass is 9.82. The minimum absolute atomic E-state index is 0.210. The maximum Gasteiger partial charge on any atom is 0.295 e. The van der Waals surface area contributed by atoms with E-state index in [1.165, 1.54) is 0 Å². The molecule has 0 aliphatic heterocycles. The minimum atomic E-state index is -0.328. The molecule has 1 amide bonds. The fraction of sp³-hybridized carbons (Fsp3) is 0.700. The highest BCUT2D eigenvalue weighted by atomic mass is 16.1. The van der Waals surface area contributed by atoms with Gasteiger partial charge < -0.3 is 5.32 Å². The number of amides is 1. The molecule has 1 atom stereocenters. The van der Waals surface area contributed by atoms with E-state index in [0.717, 1.165) is 0 Å². The van der Waals surface area contributed by atoms with Crippen molar-refractivity contribution in [1.82, 2.24) is 5.32 Å². The van der Waals surface area contributed by atoms with Crippen LogP contribution >= 0.6 is 0 Å². The van der Waals surface area contributed by atoms with Gasteiger partial charge in [0.1, 0.15) is 0 Å². The van der Waals surface area contributed by atoms with Crippen LogP contribution in [0, 0.1) is 23.7 Å². The highest BCUT2D eigenvalue weighted by molar-refractivity contribution is 5.92. The Labute approximate surface area is 74.7 Å². The fourth-order valence-electron chi connectivity index (χ4n) is 0.603. The molecule has 0 aliphatic rings. The van der Waals surface area contributed by atoms with E-state index in [2.05, 4.69) is 33.0 Å². The Bertz CT molecular complexity index is 195. The molecule has 68 valence electrons. The summed E-state index contributed by atoms with van der Waals surface area (Å²) in [5, 5.41) is 2.66. The molecule has 0 rings (SSSR count). The van der Waals surface area contributed by atoms with Crippen molar-refractivity contribution in [2.45, 2.75) is 27.7 Å². The molecule has 2 heteroatoms. The second kappa shape index (κ2) is 4.15. The maximum atomic E-state index is 10.7. The van der Waals surface area contributed by atoms with Crippen molar-refractivity contribution in [1.29, 1.82) is 0 Å². The monoisotopic (exact) mass is 167 g/mol. The molecule has 0 saturated heterocycles. The van der Waals surface area contributed by atoms with Crippen LogP contribution in [0.3, 0.4) is 0 Å². The summed E-state index contributed by atoms with van der Waals surface area (Å²) in [4.78, 5) is 10.7. The molecule has 0 spiro atoms. The van der Waals surface area contributed by atoms with Crippen LogP contribution in [0.1, 0.15) is 27.7 Å². The van der Waals surface area contributed by atoms with Crippen LogP contribution in [0.2, 0.25) is 0 Å². The van der Waals surface area contributed by atoms with Gasteiger partial charge in [0.25, 0.3) is 5.91 Å². The molecule has 12 heavy (non-hydrogen) atoms. The Morgan fingerprint density at radius 3 is 2.42 bits per heavy atom. The molecule has 0 aromatic rings. The lowest BCUT2D eigenvalue weighted by Crippen LogP contribution is -2.32. The summed E-state index contributed by atoms with van der Waals surface area (Å²) < 4.78 is 0. The van der Waals surface area contributed by atoms with Crippen LogP contribution in [-0.4, -0.2) is 12.5 Å². The van der Waals surface area contributed by atoms with Crippen LogP contribution in [0.15, 0.2) is 0 Å². The summed E-state index contributed by atoms with van der Waals surface area (Å²) in [5.41, 5.74) is 0.210. The third-order valence-electron chi connectivity index (χ3n) is 2.18. The predicted octanol–water partition coefficient (Wildman–Crippen LogP) is 1.42. The number of hydrogen-bond donors (Lipinski definition) is 1. The van der Waals surface area contributed by atoms with Crippen LogP contribution in [0.5, 0.6) is 0 Å². The molecule has 0 fully saturated rings. The molecule has 0 aromatic heterocycles. The normalized spacial score (nSPS) is 13.2. The number of carbonyl (C=O) groups excluding carboxylic acids is 1. The van der Waals surface area contributed by atoms with E-state index in [4.69, 9.17) is 6.42 Å². The highest BCUT2D eigenvalue weighted by Gasteiger charge is 2.19. The molecule has 0 aromatic carbocycles. The lowest BCUT2D eigenvalue weighted by Gasteiger charge is -2.26. The van der Waals surface area contributed by atoms with E-state index in [0.29, 0.717) is 12.5 Å². The molecule has 0 heterocycles. The van der Waals surface area contributed by atoms with Gasteiger partial charge in [-0.3, -0.25) is 4.79 Å². The average Bonchev–Trinajstić information content (AvgIpc) is 1.97. The zero-order chi connectivity index (χ0) is 9.78. The lowest BCUT2D eigenvalue weighted by molar-refractivity contribution is -0.115. The number of terminal acetylenes is 1. The number of carbonyl (C=O) groups is 1. The summed E-state index contributed by atoms with van der Waals surface area (Å²) >= 11 is 0. The number of hydrogen-bond acceptors (Lipinski definition) is 1. The van der Waals surface area contributed by atoms with Crippen molar-refractivity contribution in [2.24, 2.45) is 11.3 Å². The minimum Gasteiger partial charge on any atom is -0.345 e. The van der Waals surface area contributed by atoms with E-state index >= 15 is 0 Å². The molecule has 2 nitrogen and oxygen atoms in total. The second-order valence-corrected chi connectivity index (χ2v) is 4.12. The fourth-order valence-corrected chi connectivity index (χ4v) is 0.603. The van der Waals surface area contributed by atoms with Crippen LogP contribution in [0.25, 0.3) is 0 Å². The first-order chi connectivity index (χ1) is 5.38. The summed E-state index contributed by atoms with van der Waals surface area (Å²) in [6.45, 7) is 9.16. The smallest absolute Gasteiger partial charge is 0.295 e. The van der Waals surface area contributed by atoms with Gasteiger partial charge in [0.15, 0.2) is 0 Å². The van der Waals surface area contributed by atoms with Crippen molar-refractivity contribution >= 4 is 5.91 Å². The van der Waals surface area contributed by atoms with Gasteiger partial charge in [0.05, 0.1) is 0 Å². The first-order valence-corrected chi connectivity index (χ1v) is 4.12. The Balaban J connectivity index is 3.82. The van der Waals surface area contributed by atoms with Crippen molar-refractivity contribution in [2.75, 3.05) is 6.54 Å². The Morgan fingerprint density at radius 1 is 1.58 bits per heavy atom. The van der Waals surface area contributed by atoms with Gasteiger partial charge in [0.2, 0.25) is 0 Å². The van der Waals surface area contributed by atoms with Crippen LogP contribution in [-0.2, 0) is 4.79 Å². The van der Waals surface area contributed by atoms with Crippen molar-refractivity contribution < 1.29 is 4.79 Å². The predicted molar refractivity (Wildman–Crippen MR) is 50.5 cm³/mol. The summed E-state index contributed by atoms with van der Waals surface area (Å²) in [7, 11) is 0. The van der Waals surface area contributed by atoms with E-state index in [-0.39, 0.29) is 11.3 Å². The standard InChI is InChI=1S/C10H17NO/c1-6-9(12)11-7-8(2)10(3,4)5/h1,8H,7H2,2-5H3,(H,11,12). The first-order valence-electron chi connectivity index (χ1n) is 4.12. The van der Waals surface area contributed by atoms with E-state index in [1.54, 1.807) is 0 Å². The Hall–Kier alpha value is -0.970. The van der Waals surface area contributed by atoms with Crippen molar-refractivity contribution in [3.63, 3.8) is 0 Å². The third kappa shape index (κ3) is 4.02. The summed E-state index contributed by atoms with van der Waals surface area (Å²) in [6.07, 6.45) is 4.91. The van der Waals surface area contributed by atoms with Gasteiger partial charge in [-0.25, -0.2) is 0 Å². The highest BCUT2D eigenvalue weighted by Crippen LogP contribution is 2.24. The molecule has 1 N–H and O–H groups in total. The maximum absolute atomic E-state index is 10.7. The van der Waals surface area contributed by atoms with E-state index in [9.17, 15) is 4.79 Å². The van der Waals surface area contributed by atoms with Gasteiger partial charge in [-0.2, -0.15) is 0 Å². The molecule has 0 radical (unpaired) electrons. The van der Waals surface area contributed by atoms with E-state index < -0.39 is 0 Å². The zero-order valence-corrected chi connectivity index (χ0v) is 8.27. The molecule has 1 unspecified atom stereocenters. The van der Waals surface area contributed by atoms with Gasteiger partial charge in [0, 0.05) is 6.54 Å². The topological polar surface area (TPSA) is 29.1 Å². The van der Waals surface area contributed by atoms with Gasteiger partial charge in [-0.15, -0.1) is 6.42 Å². The SMILES string of the molecule is C#CC(=O)NCC(C)C(C)(C)C. The second-order valence-electron chi connectivity index (χ2n) is 4.12. The molecule has 0 aliphatic carbocycles. The van der Waals surface area contributed by atoms with E-state index in [1.807, 2.05) is 5.92 Å². The van der Waals surface area contributed by atoms with Crippen LogP contribution in [0.4, 0.5) is 0 Å². The zero-order valence-electron chi connectivity index (χ0n) is 8.27. The molecule has 0 bridgehead atoms. The molecular weight excluding hydrogens is 150 g/mol. The van der Waals surface area contributed by atoms with Crippen molar-refractivity contribution in [3.05, 3.63) is 0 Å². The largest absolute Gasteiger partial charge is 0.345 e. The summed E-state index contributed by atoms with van der Waals surface area (Å²) in [6, 6.07) is 0. The van der Waals surface area contributed by atoms with Gasteiger partial charge in [-0.05, 0) is 17.3 Å². The average molecular weight is 167 g/mol. The van der Waals surface area contributed by atoms with Crippen molar-refractivity contribution in [3.8, 4) is 12.3 Å². The Kier molecular flexibility index (Phi) is 3.82. The number of nitrogens with one attached hydrogen (secondary N) is 1. The number of rotatable bonds is 2. The van der Waals surface area contributed by atoms with Gasteiger partial charge >= 0.3 is 0 Å². The Morgan fingerprint density at radius 2 is 2.08 bits per heavy atom. The molecule has 0 saturated carbocycles. The quantitative estimate of drug-likeness (QED) is 0.619.